The van der Waals surface area contributed by atoms with Crippen molar-refractivity contribution in [3.8, 4) is 0 Å². The first-order chi connectivity index (χ1) is 8.77. The molecule has 0 bridgehead atoms. The largest absolute Gasteiger partial charge is 0.481 e. The molecular formula is C16H26O2. The first kappa shape index (κ1) is 16.7. The van der Waals surface area contributed by atoms with Gasteiger partial charge in [-0.1, -0.05) is 49.8 Å². The molecular weight excluding hydrogens is 224 g/mol. The predicted octanol–water partition coefficient (Wildman–Crippen LogP) is 4.88. The Labute approximate surface area is 111 Å². The fourth-order valence-corrected chi connectivity index (χ4v) is 1.48. The summed E-state index contributed by atoms with van der Waals surface area (Å²) >= 11 is 0. The van der Waals surface area contributed by atoms with E-state index in [1.807, 2.05) is 0 Å². The van der Waals surface area contributed by atoms with Gasteiger partial charge in [0.1, 0.15) is 0 Å². The summed E-state index contributed by atoms with van der Waals surface area (Å²) in [6.45, 7) is 2.18. The maximum atomic E-state index is 10.3. The van der Waals surface area contributed by atoms with Crippen molar-refractivity contribution in [2.45, 2.75) is 58.3 Å². The van der Waals surface area contributed by atoms with Gasteiger partial charge in [-0.15, -0.1) is 0 Å². The molecule has 0 fully saturated rings. The van der Waals surface area contributed by atoms with Crippen molar-refractivity contribution in [3.63, 3.8) is 0 Å². The Bertz CT molecular complexity index is 275. The van der Waals surface area contributed by atoms with Crippen LogP contribution in [-0.4, -0.2) is 11.1 Å². The van der Waals surface area contributed by atoms with Crippen molar-refractivity contribution in [2.75, 3.05) is 0 Å². The third-order valence-corrected chi connectivity index (χ3v) is 2.51. The number of carbonyl (C=O) groups is 1. The van der Waals surface area contributed by atoms with E-state index in [0.29, 0.717) is 0 Å². The monoisotopic (exact) mass is 250 g/mol. The highest BCUT2D eigenvalue weighted by atomic mass is 16.4. The number of hydrogen-bond donors (Lipinski definition) is 1. The molecule has 0 saturated heterocycles. The van der Waals surface area contributed by atoms with Crippen LogP contribution in [0, 0.1) is 0 Å². The van der Waals surface area contributed by atoms with E-state index in [9.17, 15) is 4.79 Å². The minimum absolute atomic E-state index is 0.290. The van der Waals surface area contributed by atoms with E-state index in [0.717, 1.165) is 32.1 Å². The summed E-state index contributed by atoms with van der Waals surface area (Å²) < 4.78 is 0. The van der Waals surface area contributed by atoms with E-state index in [4.69, 9.17) is 5.11 Å². The fourth-order valence-electron chi connectivity index (χ4n) is 1.48. The number of rotatable bonds is 11. The van der Waals surface area contributed by atoms with E-state index in [1.54, 1.807) is 0 Å². The summed E-state index contributed by atoms with van der Waals surface area (Å²) in [5.41, 5.74) is 0. The van der Waals surface area contributed by atoms with Crippen molar-refractivity contribution in [3.05, 3.63) is 36.5 Å². The summed E-state index contributed by atoms with van der Waals surface area (Å²) in [6, 6.07) is 0. The molecule has 0 spiro atoms. The van der Waals surface area contributed by atoms with Crippen LogP contribution in [0.3, 0.4) is 0 Å². The van der Waals surface area contributed by atoms with E-state index < -0.39 is 5.97 Å². The second kappa shape index (κ2) is 13.8. The summed E-state index contributed by atoms with van der Waals surface area (Å²) in [7, 11) is 0. The van der Waals surface area contributed by atoms with Gasteiger partial charge < -0.3 is 5.11 Å². The molecule has 0 aromatic heterocycles. The van der Waals surface area contributed by atoms with E-state index in [1.165, 1.54) is 12.8 Å². The molecule has 0 rings (SSSR count). The topological polar surface area (TPSA) is 37.3 Å². The number of hydrogen-bond acceptors (Lipinski definition) is 1. The number of unbranched alkanes of at least 4 members (excludes halogenated alkanes) is 3. The average Bonchev–Trinajstić information content (AvgIpc) is 2.34. The van der Waals surface area contributed by atoms with Gasteiger partial charge in [0, 0.05) is 6.42 Å². The molecule has 1 N–H and O–H groups in total. The lowest BCUT2D eigenvalue weighted by Gasteiger charge is -1.92. The van der Waals surface area contributed by atoms with Crippen molar-refractivity contribution < 1.29 is 9.90 Å². The molecule has 0 aromatic carbocycles. The molecule has 0 radical (unpaired) electrons. The zero-order valence-electron chi connectivity index (χ0n) is 11.5. The lowest BCUT2D eigenvalue weighted by Crippen LogP contribution is -1.92. The lowest BCUT2D eigenvalue weighted by molar-refractivity contribution is -0.137. The molecule has 0 atom stereocenters. The van der Waals surface area contributed by atoms with E-state index in [-0.39, 0.29) is 6.42 Å². The second-order valence-corrected chi connectivity index (χ2v) is 4.31. The minimum Gasteiger partial charge on any atom is -0.481 e. The van der Waals surface area contributed by atoms with Crippen LogP contribution in [0.2, 0.25) is 0 Å². The van der Waals surface area contributed by atoms with Gasteiger partial charge in [0.25, 0.3) is 0 Å². The average molecular weight is 250 g/mol. The molecule has 0 aliphatic carbocycles. The van der Waals surface area contributed by atoms with Crippen LogP contribution >= 0.6 is 0 Å². The zero-order chi connectivity index (χ0) is 13.5. The minimum atomic E-state index is -0.696. The maximum absolute atomic E-state index is 10.3. The van der Waals surface area contributed by atoms with Crippen LogP contribution in [0.5, 0.6) is 0 Å². The maximum Gasteiger partial charge on any atom is 0.303 e. The molecule has 2 nitrogen and oxygen atoms in total. The fraction of sp³-hybridized carbons (Fsp3) is 0.562. The normalized spacial score (nSPS) is 12.1. The molecule has 0 aliphatic heterocycles. The number of aliphatic carboxylic acids is 1. The van der Waals surface area contributed by atoms with Crippen molar-refractivity contribution in [1.29, 1.82) is 0 Å². The third-order valence-electron chi connectivity index (χ3n) is 2.51. The molecule has 18 heavy (non-hydrogen) atoms. The van der Waals surface area contributed by atoms with Crippen molar-refractivity contribution in [1.82, 2.24) is 0 Å². The van der Waals surface area contributed by atoms with Crippen LogP contribution in [0.4, 0.5) is 0 Å². The van der Waals surface area contributed by atoms with Crippen LogP contribution in [0.1, 0.15) is 58.3 Å². The quantitative estimate of drug-likeness (QED) is 0.419. The first-order valence-corrected chi connectivity index (χ1v) is 6.94. The highest BCUT2D eigenvalue weighted by Crippen LogP contribution is 2.01. The van der Waals surface area contributed by atoms with Crippen LogP contribution in [0.25, 0.3) is 0 Å². The van der Waals surface area contributed by atoms with Crippen LogP contribution in [0.15, 0.2) is 36.5 Å². The molecule has 0 amide bonds. The Morgan fingerprint density at radius 1 is 0.889 bits per heavy atom. The van der Waals surface area contributed by atoms with Crippen LogP contribution in [-0.2, 0) is 4.79 Å². The van der Waals surface area contributed by atoms with Gasteiger partial charge in [0.15, 0.2) is 0 Å². The Kier molecular flexibility index (Phi) is 12.8. The Balaban J connectivity index is 3.31. The summed E-state index contributed by atoms with van der Waals surface area (Å²) in [5.74, 6) is -0.696. The smallest absolute Gasteiger partial charge is 0.303 e. The van der Waals surface area contributed by atoms with Gasteiger partial charge in [-0.3, -0.25) is 4.79 Å². The van der Waals surface area contributed by atoms with Gasteiger partial charge in [0.05, 0.1) is 0 Å². The number of allylic oxidation sites excluding steroid dienone is 6. The number of carboxylic acid groups (broad SMARTS) is 1. The Hall–Kier alpha value is -1.31. The van der Waals surface area contributed by atoms with Gasteiger partial charge in [-0.2, -0.15) is 0 Å². The third kappa shape index (κ3) is 14.7. The Morgan fingerprint density at radius 3 is 2.00 bits per heavy atom. The second-order valence-electron chi connectivity index (χ2n) is 4.31. The Morgan fingerprint density at radius 2 is 1.44 bits per heavy atom. The van der Waals surface area contributed by atoms with Crippen molar-refractivity contribution >= 4 is 5.97 Å². The lowest BCUT2D eigenvalue weighted by atomic mass is 10.2. The van der Waals surface area contributed by atoms with Gasteiger partial charge in [-0.05, 0) is 38.5 Å². The zero-order valence-corrected chi connectivity index (χ0v) is 11.5. The standard InChI is InChI=1S/C16H26O2/c1-2-3-4-5-6-7-8-9-10-11-12-13-14-15-16(17)18/h4-5,7-8,10-11H,2-3,6,9,12-15H2,1H3,(H,17,18)/b5-4+,8-7+,11-10-. The first-order valence-electron chi connectivity index (χ1n) is 6.94. The molecule has 0 heterocycles. The van der Waals surface area contributed by atoms with Gasteiger partial charge >= 0.3 is 5.97 Å². The van der Waals surface area contributed by atoms with Crippen molar-refractivity contribution in [2.24, 2.45) is 0 Å². The molecule has 0 unspecified atom stereocenters. The summed E-state index contributed by atoms with van der Waals surface area (Å²) in [6.07, 6.45) is 20.5. The van der Waals surface area contributed by atoms with E-state index >= 15 is 0 Å². The molecule has 0 aromatic rings. The van der Waals surface area contributed by atoms with Gasteiger partial charge in [-0.25, -0.2) is 0 Å². The molecule has 0 aliphatic rings. The molecule has 0 saturated carbocycles. The van der Waals surface area contributed by atoms with Gasteiger partial charge in [0.2, 0.25) is 0 Å². The van der Waals surface area contributed by atoms with Crippen LogP contribution < -0.4 is 0 Å². The van der Waals surface area contributed by atoms with E-state index in [2.05, 4.69) is 43.4 Å². The summed E-state index contributed by atoms with van der Waals surface area (Å²) in [5, 5.41) is 8.46. The molecule has 2 heteroatoms. The number of carboxylic acids is 1. The molecule has 102 valence electrons. The SMILES string of the molecule is CCC/C=C/C/C=C/C/C=C\CCCCC(=O)O. The predicted molar refractivity (Wildman–Crippen MR) is 77.7 cm³/mol. The highest BCUT2D eigenvalue weighted by molar-refractivity contribution is 5.66. The highest BCUT2D eigenvalue weighted by Gasteiger charge is 1.93. The summed E-state index contributed by atoms with van der Waals surface area (Å²) in [4.78, 5) is 10.3.